The topological polar surface area (TPSA) is 66.1 Å². The van der Waals surface area contributed by atoms with Crippen LogP contribution in [0.2, 0.25) is 0 Å². The van der Waals surface area contributed by atoms with Gasteiger partial charge in [-0.15, -0.1) is 0 Å². The molecule has 26 heavy (non-hydrogen) atoms. The van der Waals surface area contributed by atoms with E-state index < -0.39 is 0 Å². The summed E-state index contributed by atoms with van der Waals surface area (Å²) >= 11 is 0. The van der Waals surface area contributed by atoms with Crippen LogP contribution in [-0.4, -0.2) is 25.4 Å². The van der Waals surface area contributed by atoms with E-state index in [2.05, 4.69) is 10.1 Å². The number of rotatable bonds is 7. The second-order valence-corrected chi connectivity index (χ2v) is 5.25. The molecule has 0 spiro atoms. The van der Waals surface area contributed by atoms with Gasteiger partial charge in [-0.3, -0.25) is 0 Å². The number of hydrogen-bond donors (Lipinski definition) is 0. The molecule has 2 aromatic carbocycles. The Bertz CT molecular complexity index is 891. The van der Waals surface area contributed by atoms with Gasteiger partial charge in [0, 0.05) is 11.1 Å². The maximum Gasteiger partial charge on any atom is 0.235 e. The van der Waals surface area contributed by atoms with Gasteiger partial charge in [-0.2, -0.15) is 0 Å². The lowest BCUT2D eigenvalue weighted by Crippen LogP contribution is -1.92. The molecule has 0 saturated heterocycles. The minimum absolute atomic E-state index is 0.0744. The van der Waals surface area contributed by atoms with Crippen molar-refractivity contribution in [3.8, 4) is 22.8 Å². The molecule has 0 unspecified atom stereocenters. The highest BCUT2D eigenvalue weighted by atomic mass is 19.1. The number of aromatic nitrogens is 1. The quantitative estimate of drug-likeness (QED) is 0.472. The lowest BCUT2D eigenvalue weighted by molar-refractivity contribution is 0.113. The van der Waals surface area contributed by atoms with Gasteiger partial charge in [-0.05, 0) is 42.5 Å². The molecule has 6 nitrogen and oxygen atoms in total. The molecule has 0 atom stereocenters. The highest BCUT2D eigenvalue weighted by Gasteiger charge is 2.07. The van der Waals surface area contributed by atoms with Gasteiger partial charge in [0.1, 0.15) is 5.82 Å². The molecule has 0 aliphatic carbocycles. The molecule has 134 valence electrons. The first-order valence-electron chi connectivity index (χ1n) is 7.77. The monoisotopic (exact) mass is 356 g/mol. The lowest BCUT2D eigenvalue weighted by atomic mass is 10.2. The molecule has 0 radical (unpaired) electrons. The molecular formula is C19H17FN2O4. The van der Waals surface area contributed by atoms with Crippen molar-refractivity contribution in [2.75, 3.05) is 14.2 Å². The van der Waals surface area contributed by atoms with Gasteiger partial charge in [-0.25, -0.2) is 9.37 Å². The molecule has 0 bridgehead atoms. The Morgan fingerprint density at radius 1 is 1.08 bits per heavy atom. The fourth-order valence-electron chi connectivity index (χ4n) is 2.25. The molecule has 0 amide bonds. The minimum Gasteiger partial charge on any atom is -0.493 e. The first-order valence-corrected chi connectivity index (χ1v) is 7.77. The van der Waals surface area contributed by atoms with E-state index in [1.165, 1.54) is 12.1 Å². The largest absolute Gasteiger partial charge is 0.493 e. The summed E-state index contributed by atoms with van der Waals surface area (Å²) in [6.07, 6.45) is 3.11. The van der Waals surface area contributed by atoms with Crippen molar-refractivity contribution in [1.82, 2.24) is 4.98 Å². The van der Waals surface area contributed by atoms with Crippen molar-refractivity contribution in [3.63, 3.8) is 0 Å². The van der Waals surface area contributed by atoms with E-state index in [4.69, 9.17) is 18.7 Å². The number of benzene rings is 2. The zero-order valence-corrected chi connectivity index (χ0v) is 14.3. The van der Waals surface area contributed by atoms with Crippen molar-refractivity contribution in [2.24, 2.45) is 5.16 Å². The summed E-state index contributed by atoms with van der Waals surface area (Å²) in [5.41, 5.74) is 1.53. The van der Waals surface area contributed by atoms with Crippen LogP contribution in [0.3, 0.4) is 0 Å². The van der Waals surface area contributed by atoms with Crippen LogP contribution in [0.25, 0.3) is 11.3 Å². The van der Waals surface area contributed by atoms with Gasteiger partial charge >= 0.3 is 0 Å². The van der Waals surface area contributed by atoms with Crippen LogP contribution in [0.15, 0.2) is 58.2 Å². The van der Waals surface area contributed by atoms with Crippen LogP contribution in [0, 0.1) is 5.82 Å². The standard InChI is InChI=1S/C19H17FN2O4/c1-23-16-8-3-13(9-17(16)24-2)10-22-25-12-19-21-11-18(26-19)14-4-6-15(20)7-5-14/h3-11H,12H2,1-2H3/b22-10-. The highest BCUT2D eigenvalue weighted by molar-refractivity contribution is 5.80. The van der Waals surface area contributed by atoms with Gasteiger partial charge in [0.05, 0.1) is 26.6 Å². The lowest BCUT2D eigenvalue weighted by Gasteiger charge is -2.07. The van der Waals surface area contributed by atoms with Gasteiger partial charge in [-0.1, -0.05) is 5.16 Å². The number of methoxy groups -OCH3 is 2. The second kappa shape index (κ2) is 8.15. The molecule has 0 aliphatic heterocycles. The van der Waals surface area contributed by atoms with Gasteiger partial charge in [0.25, 0.3) is 0 Å². The van der Waals surface area contributed by atoms with E-state index in [-0.39, 0.29) is 12.4 Å². The first kappa shape index (κ1) is 17.5. The molecule has 7 heteroatoms. The van der Waals surface area contributed by atoms with Crippen LogP contribution in [-0.2, 0) is 11.4 Å². The van der Waals surface area contributed by atoms with Gasteiger partial charge in [0.15, 0.2) is 23.9 Å². The highest BCUT2D eigenvalue weighted by Crippen LogP contribution is 2.27. The Morgan fingerprint density at radius 2 is 1.85 bits per heavy atom. The van der Waals surface area contributed by atoms with Crippen molar-refractivity contribution >= 4 is 6.21 Å². The third kappa shape index (κ3) is 4.18. The van der Waals surface area contributed by atoms with Gasteiger partial charge in [0.2, 0.25) is 5.89 Å². The summed E-state index contributed by atoms with van der Waals surface area (Å²) in [7, 11) is 3.14. The molecular weight excluding hydrogens is 339 g/mol. The maximum absolute atomic E-state index is 12.9. The van der Waals surface area contributed by atoms with Crippen molar-refractivity contribution in [2.45, 2.75) is 6.61 Å². The molecule has 3 aromatic rings. The molecule has 0 fully saturated rings. The molecule has 0 N–H and O–H groups in total. The molecule has 0 aliphatic rings. The van der Waals surface area contributed by atoms with E-state index in [9.17, 15) is 4.39 Å². The fourth-order valence-corrected chi connectivity index (χ4v) is 2.25. The van der Waals surface area contributed by atoms with E-state index in [0.717, 1.165) is 11.1 Å². The minimum atomic E-state index is -0.304. The predicted molar refractivity (Wildman–Crippen MR) is 93.8 cm³/mol. The molecule has 3 rings (SSSR count). The van der Waals surface area contributed by atoms with Crippen LogP contribution in [0.5, 0.6) is 11.5 Å². The third-order valence-corrected chi connectivity index (χ3v) is 3.55. The van der Waals surface area contributed by atoms with E-state index in [1.807, 2.05) is 6.07 Å². The van der Waals surface area contributed by atoms with Crippen LogP contribution in [0.4, 0.5) is 4.39 Å². The first-order chi connectivity index (χ1) is 12.7. The Labute approximate surface area is 149 Å². The summed E-state index contributed by atoms with van der Waals surface area (Å²) < 4.78 is 28.9. The van der Waals surface area contributed by atoms with E-state index in [1.54, 1.807) is 50.9 Å². The number of halogens is 1. The number of hydrogen-bond acceptors (Lipinski definition) is 6. The average molecular weight is 356 g/mol. The number of nitrogens with zero attached hydrogens (tertiary/aromatic N) is 2. The Hall–Kier alpha value is -3.35. The zero-order valence-electron chi connectivity index (χ0n) is 14.3. The number of oxime groups is 1. The van der Waals surface area contributed by atoms with Gasteiger partial charge < -0.3 is 18.7 Å². The summed E-state index contributed by atoms with van der Waals surface area (Å²) in [6.45, 7) is 0.0744. The summed E-state index contributed by atoms with van der Waals surface area (Å²) in [6, 6.07) is 11.4. The summed E-state index contributed by atoms with van der Waals surface area (Å²) in [4.78, 5) is 9.32. The zero-order chi connectivity index (χ0) is 18.4. The molecule has 0 saturated carbocycles. The normalized spacial score (nSPS) is 10.9. The molecule has 1 heterocycles. The average Bonchev–Trinajstić information content (AvgIpc) is 3.14. The van der Waals surface area contributed by atoms with Crippen LogP contribution in [0.1, 0.15) is 11.5 Å². The second-order valence-electron chi connectivity index (χ2n) is 5.25. The van der Waals surface area contributed by atoms with Crippen molar-refractivity contribution < 1.29 is 23.1 Å². The van der Waals surface area contributed by atoms with Crippen LogP contribution < -0.4 is 9.47 Å². The maximum atomic E-state index is 12.9. The fraction of sp³-hybridized carbons (Fsp3) is 0.158. The van der Waals surface area contributed by atoms with Crippen molar-refractivity contribution in [1.29, 1.82) is 0 Å². The Morgan fingerprint density at radius 3 is 2.58 bits per heavy atom. The Balaban J connectivity index is 1.58. The van der Waals surface area contributed by atoms with E-state index >= 15 is 0 Å². The van der Waals surface area contributed by atoms with Crippen LogP contribution >= 0.6 is 0 Å². The summed E-state index contributed by atoms with van der Waals surface area (Å²) in [5, 5.41) is 3.89. The molecule has 1 aromatic heterocycles. The predicted octanol–water partition coefficient (Wildman–Crippen LogP) is 4.05. The van der Waals surface area contributed by atoms with E-state index in [0.29, 0.717) is 23.1 Å². The van der Waals surface area contributed by atoms with Crippen molar-refractivity contribution in [3.05, 3.63) is 65.9 Å². The smallest absolute Gasteiger partial charge is 0.235 e. The Kier molecular flexibility index (Phi) is 5.48. The number of ether oxygens (including phenoxy) is 2. The SMILES string of the molecule is COc1ccc(/C=N\OCc2ncc(-c3ccc(F)cc3)o2)cc1OC. The summed E-state index contributed by atoms with van der Waals surface area (Å²) in [5.74, 6) is 1.84. The number of oxazole rings is 1. The third-order valence-electron chi connectivity index (χ3n) is 3.55.